The number of nitrogens with zero attached hydrogens (tertiary/aromatic N) is 1. The van der Waals surface area contributed by atoms with E-state index in [1.54, 1.807) is 0 Å². The lowest BCUT2D eigenvalue weighted by molar-refractivity contribution is 0.416. The Balaban J connectivity index is 3.30. The van der Waals surface area contributed by atoms with Crippen LogP contribution in [0.4, 0.5) is 0 Å². The van der Waals surface area contributed by atoms with Gasteiger partial charge in [-0.3, -0.25) is 0 Å². The molecule has 1 atom stereocenters. The molecule has 0 rings (SSSR count). The van der Waals surface area contributed by atoms with Gasteiger partial charge in [-0.1, -0.05) is 26.7 Å². The molecule has 0 bridgehead atoms. The van der Waals surface area contributed by atoms with E-state index in [-0.39, 0.29) is 5.41 Å². The van der Waals surface area contributed by atoms with Gasteiger partial charge in [0.05, 0.1) is 11.5 Å². The van der Waals surface area contributed by atoms with Crippen LogP contribution in [0.3, 0.4) is 0 Å². The quantitative estimate of drug-likeness (QED) is 0.624. The zero-order valence-electron chi connectivity index (χ0n) is 10.8. The van der Waals surface area contributed by atoms with Crippen molar-refractivity contribution in [2.24, 2.45) is 11.3 Å². The van der Waals surface area contributed by atoms with Crippen LogP contribution < -0.4 is 5.32 Å². The summed E-state index contributed by atoms with van der Waals surface area (Å²) in [6, 6.07) is 2.34. The number of rotatable bonds is 8. The van der Waals surface area contributed by atoms with E-state index in [9.17, 15) is 0 Å². The van der Waals surface area contributed by atoms with Crippen molar-refractivity contribution in [2.75, 3.05) is 13.1 Å². The first-order valence-corrected chi connectivity index (χ1v) is 6.14. The largest absolute Gasteiger partial charge is 0.316 e. The Morgan fingerprint density at radius 3 is 2.53 bits per heavy atom. The van der Waals surface area contributed by atoms with Crippen LogP contribution in [0, 0.1) is 22.7 Å². The summed E-state index contributed by atoms with van der Waals surface area (Å²) in [7, 11) is 0. The Labute approximate surface area is 95.1 Å². The summed E-state index contributed by atoms with van der Waals surface area (Å²) in [6.07, 6.45) is 4.58. The van der Waals surface area contributed by atoms with E-state index in [1.807, 2.05) is 13.8 Å². The van der Waals surface area contributed by atoms with E-state index in [0.29, 0.717) is 0 Å². The van der Waals surface area contributed by atoms with Crippen molar-refractivity contribution < 1.29 is 0 Å². The molecule has 0 fully saturated rings. The molecule has 0 aromatic heterocycles. The maximum atomic E-state index is 8.84. The molecule has 0 aliphatic rings. The molecule has 0 saturated heterocycles. The van der Waals surface area contributed by atoms with Gasteiger partial charge >= 0.3 is 0 Å². The molecule has 1 unspecified atom stereocenters. The number of nitrogens with one attached hydrogen (secondary N) is 1. The van der Waals surface area contributed by atoms with Crippen LogP contribution in [0.1, 0.15) is 53.4 Å². The van der Waals surface area contributed by atoms with Gasteiger partial charge < -0.3 is 5.32 Å². The second kappa shape index (κ2) is 7.70. The van der Waals surface area contributed by atoms with E-state index in [0.717, 1.165) is 31.8 Å². The Kier molecular flexibility index (Phi) is 7.42. The van der Waals surface area contributed by atoms with Gasteiger partial charge in [-0.25, -0.2) is 0 Å². The van der Waals surface area contributed by atoms with Crippen molar-refractivity contribution in [1.82, 2.24) is 5.32 Å². The summed E-state index contributed by atoms with van der Waals surface area (Å²) in [4.78, 5) is 0. The summed E-state index contributed by atoms with van der Waals surface area (Å²) >= 11 is 0. The van der Waals surface area contributed by atoms with Crippen LogP contribution in [-0.2, 0) is 0 Å². The zero-order valence-corrected chi connectivity index (χ0v) is 10.8. The highest BCUT2D eigenvalue weighted by atomic mass is 14.8. The van der Waals surface area contributed by atoms with E-state index in [1.165, 1.54) is 12.8 Å². The lowest BCUT2D eigenvalue weighted by atomic mass is 9.89. The SMILES string of the molecule is CCC(C)CNCCCCC(C)(C)C#N. The van der Waals surface area contributed by atoms with E-state index < -0.39 is 0 Å². The molecule has 0 aliphatic heterocycles. The Hall–Kier alpha value is -0.550. The fourth-order valence-electron chi connectivity index (χ4n) is 1.37. The van der Waals surface area contributed by atoms with E-state index >= 15 is 0 Å². The third kappa shape index (κ3) is 8.44. The number of unbranched alkanes of at least 4 members (excludes halogenated alkanes) is 1. The minimum atomic E-state index is -0.142. The van der Waals surface area contributed by atoms with Crippen LogP contribution >= 0.6 is 0 Å². The van der Waals surface area contributed by atoms with Gasteiger partial charge in [0.15, 0.2) is 0 Å². The summed E-state index contributed by atoms with van der Waals surface area (Å²) in [5, 5.41) is 12.3. The van der Waals surface area contributed by atoms with Gasteiger partial charge in [0, 0.05) is 0 Å². The van der Waals surface area contributed by atoms with Crippen molar-refractivity contribution in [3.63, 3.8) is 0 Å². The smallest absolute Gasteiger partial charge is 0.0683 e. The molecule has 2 nitrogen and oxygen atoms in total. The molecule has 0 amide bonds. The summed E-state index contributed by atoms with van der Waals surface area (Å²) in [5.74, 6) is 0.778. The van der Waals surface area contributed by atoms with Crippen LogP contribution in [0.15, 0.2) is 0 Å². The third-order valence-corrected chi connectivity index (χ3v) is 2.90. The van der Waals surface area contributed by atoms with Crippen molar-refractivity contribution in [3.05, 3.63) is 0 Å². The third-order valence-electron chi connectivity index (χ3n) is 2.90. The lowest BCUT2D eigenvalue weighted by Gasteiger charge is -2.15. The molecule has 2 heteroatoms. The zero-order chi connectivity index (χ0) is 11.7. The molecule has 0 spiro atoms. The molecule has 0 radical (unpaired) electrons. The Morgan fingerprint density at radius 2 is 2.00 bits per heavy atom. The van der Waals surface area contributed by atoms with Gasteiger partial charge in [0.2, 0.25) is 0 Å². The minimum Gasteiger partial charge on any atom is -0.316 e. The van der Waals surface area contributed by atoms with Gasteiger partial charge in [-0.2, -0.15) is 5.26 Å². The highest BCUT2D eigenvalue weighted by Crippen LogP contribution is 2.21. The maximum absolute atomic E-state index is 8.84. The second-order valence-electron chi connectivity index (χ2n) is 5.17. The predicted molar refractivity (Wildman–Crippen MR) is 65.6 cm³/mol. The monoisotopic (exact) mass is 210 g/mol. The normalized spacial score (nSPS) is 13.5. The summed E-state index contributed by atoms with van der Waals surface area (Å²) in [6.45, 7) is 10.7. The van der Waals surface area contributed by atoms with Gasteiger partial charge in [-0.05, 0) is 45.7 Å². The van der Waals surface area contributed by atoms with Crippen LogP contribution in [-0.4, -0.2) is 13.1 Å². The van der Waals surface area contributed by atoms with Crippen molar-refractivity contribution in [1.29, 1.82) is 5.26 Å². The summed E-state index contributed by atoms with van der Waals surface area (Å²) in [5.41, 5.74) is -0.142. The molecular weight excluding hydrogens is 184 g/mol. The van der Waals surface area contributed by atoms with Crippen molar-refractivity contribution in [2.45, 2.75) is 53.4 Å². The summed E-state index contributed by atoms with van der Waals surface area (Å²) < 4.78 is 0. The molecule has 0 saturated carbocycles. The Morgan fingerprint density at radius 1 is 1.33 bits per heavy atom. The van der Waals surface area contributed by atoms with Gasteiger partial charge in [0.1, 0.15) is 0 Å². The maximum Gasteiger partial charge on any atom is 0.0683 e. The number of nitriles is 1. The van der Waals surface area contributed by atoms with Gasteiger partial charge in [-0.15, -0.1) is 0 Å². The molecule has 0 heterocycles. The standard InChI is InChI=1S/C13H26N2/c1-5-12(2)10-15-9-7-6-8-13(3,4)11-14/h12,15H,5-10H2,1-4H3. The number of hydrogen-bond donors (Lipinski definition) is 1. The van der Waals surface area contributed by atoms with Crippen LogP contribution in [0.5, 0.6) is 0 Å². The first-order chi connectivity index (χ1) is 7.02. The molecule has 0 aromatic carbocycles. The first kappa shape index (κ1) is 14.5. The van der Waals surface area contributed by atoms with Gasteiger partial charge in [0.25, 0.3) is 0 Å². The number of hydrogen-bond acceptors (Lipinski definition) is 2. The average molecular weight is 210 g/mol. The molecular formula is C13H26N2. The highest BCUT2D eigenvalue weighted by Gasteiger charge is 2.15. The fourth-order valence-corrected chi connectivity index (χ4v) is 1.37. The predicted octanol–water partition coefficient (Wildman–Crippen LogP) is 3.34. The Bertz CT molecular complexity index is 191. The second-order valence-corrected chi connectivity index (χ2v) is 5.17. The van der Waals surface area contributed by atoms with Crippen molar-refractivity contribution in [3.8, 4) is 6.07 Å². The molecule has 88 valence electrons. The molecule has 15 heavy (non-hydrogen) atoms. The van der Waals surface area contributed by atoms with Crippen LogP contribution in [0.25, 0.3) is 0 Å². The molecule has 1 N–H and O–H groups in total. The lowest BCUT2D eigenvalue weighted by Crippen LogP contribution is -2.22. The topological polar surface area (TPSA) is 35.8 Å². The first-order valence-electron chi connectivity index (χ1n) is 6.14. The van der Waals surface area contributed by atoms with E-state index in [2.05, 4.69) is 25.2 Å². The highest BCUT2D eigenvalue weighted by molar-refractivity contribution is 4.91. The van der Waals surface area contributed by atoms with Crippen LogP contribution in [0.2, 0.25) is 0 Å². The van der Waals surface area contributed by atoms with Crippen molar-refractivity contribution >= 4 is 0 Å². The molecule has 0 aliphatic carbocycles. The molecule has 0 aromatic rings. The van der Waals surface area contributed by atoms with E-state index in [4.69, 9.17) is 5.26 Å². The minimum absolute atomic E-state index is 0.142. The fraction of sp³-hybridized carbons (Fsp3) is 0.923. The average Bonchev–Trinajstić information content (AvgIpc) is 2.22.